The van der Waals surface area contributed by atoms with Crippen LogP contribution in [-0.2, 0) is 9.47 Å². The van der Waals surface area contributed by atoms with Gasteiger partial charge in [-0.2, -0.15) is 0 Å². The van der Waals surface area contributed by atoms with Crippen molar-refractivity contribution in [3.63, 3.8) is 0 Å². The molecular formula is C11H13NO4. The summed E-state index contributed by atoms with van der Waals surface area (Å²) in [5, 5.41) is 10.6. The van der Waals surface area contributed by atoms with Crippen LogP contribution in [0.2, 0.25) is 0 Å². The van der Waals surface area contributed by atoms with E-state index in [9.17, 15) is 10.1 Å². The number of rotatable bonds is 2. The molecule has 5 heteroatoms. The Morgan fingerprint density at radius 1 is 1.50 bits per heavy atom. The molecule has 0 spiro atoms. The highest BCUT2D eigenvalue weighted by Crippen LogP contribution is 2.28. The fourth-order valence-electron chi connectivity index (χ4n) is 1.62. The second-order valence-electron chi connectivity index (χ2n) is 3.79. The van der Waals surface area contributed by atoms with Crippen molar-refractivity contribution in [3.8, 4) is 0 Å². The molecule has 1 aliphatic rings. The average Bonchev–Trinajstić information content (AvgIpc) is 2.29. The standard InChI is InChI=1S/C11H13NO4/c1-8-5-6-15-11(16-8)9-3-2-4-10(7-9)12(13)14/h2-4,7-8,11H,5-6H2,1H3/t8-,11-/m0/s1. The van der Waals surface area contributed by atoms with E-state index in [1.54, 1.807) is 12.1 Å². The topological polar surface area (TPSA) is 61.6 Å². The molecule has 0 bridgehead atoms. The molecule has 2 atom stereocenters. The van der Waals surface area contributed by atoms with Gasteiger partial charge in [0.15, 0.2) is 6.29 Å². The zero-order chi connectivity index (χ0) is 11.5. The Hall–Kier alpha value is -1.46. The minimum Gasteiger partial charge on any atom is -0.348 e. The number of hydrogen-bond donors (Lipinski definition) is 0. The lowest BCUT2D eigenvalue weighted by Gasteiger charge is -2.28. The molecule has 16 heavy (non-hydrogen) atoms. The van der Waals surface area contributed by atoms with E-state index >= 15 is 0 Å². The molecule has 0 unspecified atom stereocenters. The van der Waals surface area contributed by atoms with Crippen LogP contribution in [0.3, 0.4) is 0 Å². The summed E-state index contributed by atoms with van der Waals surface area (Å²) >= 11 is 0. The summed E-state index contributed by atoms with van der Waals surface area (Å²) in [4.78, 5) is 10.2. The molecule has 1 aromatic carbocycles. The zero-order valence-electron chi connectivity index (χ0n) is 8.96. The normalized spacial score (nSPS) is 25.3. The summed E-state index contributed by atoms with van der Waals surface area (Å²) in [6, 6.07) is 6.35. The van der Waals surface area contributed by atoms with Gasteiger partial charge in [0.2, 0.25) is 0 Å². The van der Waals surface area contributed by atoms with Gasteiger partial charge in [0.25, 0.3) is 5.69 Å². The molecule has 2 rings (SSSR count). The molecule has 1 fully saturated rings. The smallest absolute Gasteiger partial charge is 0.269 e. The minimum atomic E-state index is -0.483. The number of nitro groups is 1. The Labute approximate surface area is 93.1 Å². The van der Waals surface area contributed by atoms with E-state index in [2.05, 4.69) is 0 Å². The Kier molecular flexibility index (Phi) is 3.17. The number of hydrogen-bond acceptors (Lipinski definition) is 4. The monoisotopic (exact) mass is 223 g/mol. The molecule has 1 saturated heterocycles. The van der Waals surface area contributed by atoms with E-state index in [1.807, 2.05) is 6.92 Å². The summed E-state index contributed by atoms with van der Waals surface area (Å²) in [5.41, 5.74) is 0.753. The number of ether oxygens (including phenoxy) is 2. The van der Waals surface area contributed by atoms with Crippen LogP contribution < -0.4 is 0 Å². The molecule has 0 amide bonds. The van der Waals surface area contributed by atoms with Crippen LogP contribution in [-0.4, -0.2) is 17.6 Å². The maximum absolute atomic E-state index is 10.6. The lowest BCUT2D eigenvalue weighted by atomic mass is 10.1. The molecule has 86 valence electrons. The number of benzene rings is 1. The fraction of sp³-hybridized carbons (Fsp3) is 0.455. The molecule has 0 radical (unpaired) electrons. The number of nitrogens with zero attached hydrogens (tertiary/aromatic N) is 1. The van der Waals surface area contributed by atoms with Gasteiger partial charge >= 0.3 is 0 Å². The van der Waals surface area contributed by atoms with Crippen molar-refractivity contribution in [1.29, 1.82) is 0 Å². The van der Waals surface area contributed by atoms with Crippen molar-refractivity contribution in [2.45, 2.75) is 25.7 Å². The first kappa shape index (κ1) is 11.0. The lowest BCUT2D eigenvalue weighted by Crippen LogP contribution is -2.24. The Morgan fingerprint density at radius 2 is 2.31 bits per heavy atom. The van der Waals surface area contributed by atoms with E-state index in [1.165, 1.54) is 12.1 Å². The van der Waals surface area contributed by atoms with Gasteiger partial charge in [0.1, 0.15) is 0 Å². The molecule has 5 nitrogen and oxygen atoms in total. The molecule has 0 aliphatic carbocycles. The summed E-state index contributed by atoms with van der Waals surface area (Å²) in [5.74, 6) is 0. The van der Waals surface area contributed by atoms with Crippen LogP contribution >= 0.6 is 0 Å². The van der Waals surface area contributed by atoms with Gasteiger partial charge in [-0.3, -0.25) is 10.1 Å². The number of non-ortho nitro benzene ring substituents is 1. The molecule has 0 saturated carbocycles. The molecule has 0 N–H and O–H groups in total. The highest BCUT2D eigenvalue weighted by Gasteiger charge is 2.22. The minimum absolute atomic E-state index is 0.0583. The fourth-order valence-corrected chi connectivity index (χ4v) is 1.62. The maximum atomic E-state index is 10.6. The first-order valence-corrected chi connectivity index (χ1v) is 5.18. The molecule has 1 aromatic rings. The Bertz CT molecular complexity index is 393. The quantitative estimate of drug-likeness (QED) is 0.570. The highest BCUT2D eigenvalue weighted by atomic mass is 16.7. The Balaban J connectivity index is 2.19. The van der Waals surface area contributed by atoms with Gasteiger partial charge in [-0.15, -0.1) is 0 Å². The van der Waals surface area contributed by atoms with E-state index in [0.29, 0.717) is 12.2 Å². The van der Waals surface area contributed by atoms with Crippen molar-refractivity contribution in [1.82, 2.24) is 0 Å². The summed E-state index contributed by atoms with van der Waals surface area (Å²) in [7, 11) is 0. The van der Waals surface area contributed by atoms with Gasteiger partial charge < -0.3 is 9.47 Å². The average molecular weight is 223 g/mol. The van der Waals surface area contributed by atoms with E-state index in [0.717, 1.165) is 6.42 Å². The van der Waals surface area contributed by atoms with Crippen LogP contribution in [0.1, 0.15) is 25.2 Å². The van der Waals surface area contributed by atoms with E-state index < -0.39 is 11.2 Å². The summed E-state index contributed by atoms with van der Waals surface area (Å²) in [6.07, 6.45) is 0.493. The SMILES string of the molecule is C[C@H]1CCO[C@H](c2cccc([N+](=O)[O-])c2)O1. The highest BCUT2D eigenvalue weighted by molar-refractivity contribution is 5.34. The van der Waals surface area contributed by atoms with Crippen LogP contribution in [0, 0.1) is 10.1 Å². The van der Waals surface area contributed by atoms with Crippen LogP contribution in [0.4, 0.5) is 5.69 Å². The van der Waals surface area contributed by atoms with E-state index in [4.69, 9.17) is 9.47 Å². The molecule has 0 aromatic heterocycles. The predicted octanol–water partition coefficient (Wildman–Crippen LogP) is 2.42. The Morgan fingerprint density at radius 3 is 3.00 bits per heavy atom. The number of nitro benzene ring substituents is 1. The maximum Gasteiger partial charge on any atom is 0.269 e. The second kappa shape index (κ2) is 4.59. The first-order chi connectivity index (χ1) is 7.66. The van der Waals surface area contributed by atoms with Crippen molar-refractivity contribution in [3.05, 3.63) is 39.9 Å². The van der Waals surface area contributed by atoms with Crippen LogP contribution in [0.15, 0.2) is 24.3 Å². The van der Waals surface area contributed by atoms with Gasteiger partial charge in [-0.05, 0) is 13.3 Å². The summed E-state index contributed by atoms with van der Waals surface area (Å²) in [6.45, 7) is 2.58. The third-order valence-electron chi connectivity index (χ3n) is 2.50. The van der Waals surface area contributed by atoms with Gasteiger partial charge in [0, 0.05) is 17.7 Å². The van der Waals surface area contributed by atoms with Crippen molar-refractivity contribution >= 4 is 5.69 Å². The zero-order valence-corrected chi connectivity index (χ0v) is 8.96. The van der Waals surface area contributed by atoms with Crippen LogP contribution in [0.25, 0.3) is 0 Å². The van der Waals surface area contributed by atoms with Gasteiger partial charge in [-0.1, -0.05) is 12.1 Å². The molecule has 1 aliphatic heterocycles. The molecular weight excluding hydrogens is 210 g/mol. The van der Waals surface area contributed by atoms with Crippen molar-refractivity contribution in [2.24, 2.45) is 0 Å². The third-order valence-corrected chi connectivity index (χ3v) is 2.50. The van der Waals surface area contributed by atoms with Gasteiger partial charge in [-0.25, -0.2) is 0 Å². The second-order valence-corrected chi connectivity index (χ2v) is 3.79. The lowest BCUT2D eigenvalue weighted by molar-refractivity contribution is -0.385. The summed E-state index contributed by atoms with van der Waals surface area (Å²) < 4.78 is 11.0. The van der Waals surface area contributed by atoms with E-state index in [-0.39, 0.29) is 11.8 Å². The first-order valence-electron chi connectivity index (χ1n) is 5.18. The van der Waals surface area contributed by atoms with Crippen molar-refractivity contribution in [2.75, 3.05) is 6.61 Å². The van der Waals surface area contributed by atoms with Gasteiger partial charge in [0.05, 0.1) is 17.6 Å². The van der Waals surface area contributed by atoms with Crippen molar-refractivity contribution < 1.29 is 14.4 Å². The largest absolute Gasteiger partial charge is 0.348 e. The predicted molar refractivity (Wildman–Crippen MR) is 57.0 cm³/mol. The molecule has 1 heterocycles. The van der Waals surface area contributed by atoms with Crippen LogP contribution in [0.5, 0.6) is 0 Å². The third kappa shape index (κ3) is 2.37.